The van der Waals surface area contributed by atoms with Gasteiger partial charge in [-0.05, 0) is 53.4 Å². The van der Waals surface area contributed by atoms with Gasteiger partial charge in [-0.15, -0.1) is 10.2 Å². The summed E-state index contributed by atoms with van der Waals surface area (Å²) < 4.78 is 11.8. The lowest BCUT2D eigenvalue weighted by Gasteiger charge is -2.31. The zero-order valence-electron chi connectivity index (χ0n) is 11.5. The first-order valence-corrected chi connectivity index (χ1v) is 7.84. The van der Waals surface area contributed by atoms with E-state index in [4.69, 9.17) is 8.83 Å². The maximum Gasteiger partial charge on any atom is 0.283 e. The van der Waals surface area contributed by atoms with E-state index in [9.17, 15) is 0 Å². The molecule has 5 nitrogen and oxygen atoms in total. The maximum atomic E-state index is 5.68. The normalized spacial score (nSPS) is 20.4. The number of rotatable bonds is 4. The average molecular weight is 340 g/mol. The zero-order valence-corrected chi connectivity index (χ0v) is 13.1. The summed E-state index contributed by atoms with van der Waals surface area (Å²) in [6.45, 7) is 5.22. The smallest absolute Gasteiger partial charge is 0.283 e. The van der Waals surface area contributed by atoms with Crippen molar-refractivity contribution < 1.29 is 8.83 Å². The Hall–Kier alpha value is -1.14. The summed E-state index contributed by atoms with van der Waals surface area (Å²) in [5, 5.41) is 8.16. The molecular weight excluding hydrogens is 322 g/mol. The molecule has 0 radical (unpaired) electrons. The van der Waals surface area contributed by atoms with Gasteiger partial charge in [-0.25, -0.2) is 0 Å². The van der Waals surface area contributed by atoms with E-state index in [1.165, 1.54) is 19.3 Å². The predicted molar refractivity (Wildman–Crippen MR) is 78.0 cm³/mol. The molecule has 1 aliphatic heterocycles. The zero-order chi connectivity index (χ0) is 13.9. The van der Waals surface area contributed by atoms with Gasteiger partial charge in [0.1, 0.15) is 0 Å². The van der Waals surface area contributed by atoms with Gasteiger partial charge in [-0.2, -0.15) is 0 Å². The fraction of sp³-hybridized carbons (Fsp3) is 0.571. The third kappa shape index (κ3) is 3.12. The Labute approximate surface area is 126 Å². The van der Waals surface area contributed by atoms with E-state index in [1.54, 1.807) is 0 Å². The Morgan fingerprint density at radius 2 is 2.25 bits per heavy atom. The Morgan fingerprint density at radius 3 is 3.00 bits per heavy atom. The molecule has 2 aromatic heterocycles. The van der Waals surface area contributed by atoms with E-state index in [1.807, 2.05) is 12.1 Å². The van der Waals surface area contributed by atoms with Crippen LogP contribution in [0.25, 0.3) is 11.7 Å². The molecule has 1 aliphatic rings. The van der Waals surface area contributed by atoms with Gasteiger partial charge in [0.2, 0.25) is 5.89 Å². The average Bonchev–Trinajstić information content (AvgIpc) is 3.08. The van der Waals surface area contributed by atoms with Crippen molar-refractivity contribution in [3.8, 4) is 11.7 Å². The number of aromatic nitrogens is 2. The summed E-state index contributed by atoms with van der Waals surface area (Å²) in [5.41, 5.74) is 0. The molecule has 1 saturated heterocycles. The van der Waals surface area contributed by atoms with Crippen molar-refractivity contribution in [2.24, 2.45) is 5.92 Å². The van der Waals surface area contributed by atoms with Gasteiger partial charge in [0.05, 0.1) is 6.54 Å². The van der Waals surface area contributed by atoms with E-state index < -0.39 is 0 Å². The van der Waals surface area contributed by atoms with Crippen LogP contribution in [0.15, 0.2) is 25.6 Å². The van der Waals surface area contributed by atoms with Crippen LogP contribution in [0.5, 0.6) is 0 Å². The largest absolute Gasteiger partial charge is 0.444 e. The Morgan fingerprint density at radius 1 is 1.35 bits per heavy atom. The first kappa shape index (κ1) is 13.8. The summed E-state index contributed by atoms with van der Waals surface area (Å²) in [6, 6.07) is 3.63. The van der Waals surface area contributed by atoms with E-state index in [0.717, 1.165) is 25.6 Å². The highest BCUT2D eigenvalue weighted by Gasteiger charge is 2.21. The van der Waals surface area contributed by atoms with Gasteiger partial charge < -0.3 is 8.83 Å². The minimum Gasteiger partial charge on any atom is -0.444 e. The number of furan rings is 1. The standard InChI is InChI=1S/C14H18BrN3O2/c1-2-10-4-3-7-18(8-10)9-13-16-17-14(20-13)11-5-6-12(15)19-11/h5-6,10H,2-4,7-9H2,1H3. The van der Waals surface area contributed by atoms with Crippen molar-refractivity contribution >= 4 is 15.9 Å². The third-order valence-electron chi connectivity index (χ3n) is 3.79. The lowest BCUT2D eigenvalue weighted by atomic mass is 9.96. The van der Waals surface area contributed by atoms with Gasteiger partial charge in [-0.1, -0.05) is 13.3 Å². The molecule has 108 valence electrons. The highest BCUT2D eigenvalue weighted by Crippen LogP contribution is 2.25. The quantitative estimate of drug-likeness (QED) is 0.849. The maximum absolute atomic E-state index is 5.68. The lowest BCUT2D eigenvalue weighted by Crippen LogP contribution is -2.34. The molecule has 2 aromatic rings. The second-order valence-electron chi connectivity index (χ2n) is 5.26. The van der Waals surface area contributed by atoms with Crippen LogP contribution in [0, 0.1) is 5.92 Å². The van der Waals surface area contributed by atoms with Crippen molar-refractivity contribution in [1.29, 1.82) is 0 Å². The molecule has 0 aliphatic carbocycles. The van der Waals surface area contributed by atoms with Crippen LogP contribution in [0.2, 0.25) is 0 Å². The van der Waals surface area contributed by atoms with E-state index >= 15 is 0 Å². The topological polar surface area (TPSA) is 55.3 Å². The predicted octanol–water partition coefficient (Wildman–Crippen LogP) is 3.71. The van der Waals surface area contributed by atoms with Crippen LogP contribution < -0.4 is 0 Å². The second-order valence-corrected chi connectivity index (χ2v) is 6.04. The number of nitrogens with zero attached hydrogens (tertiary/aromatic N) is 3. The molecule has 3 rings (SSSR count). The third-order valence-corrected chi connectivity index (χ3v) is 4.22. The van der Waals surface area contributed by atoms with E-state index in [-0.39, 0.29) is 0 Å². The molecule has 0 spiro atoms. The highest BCUT2D eigenvalue weighted by molar-refractivity contribution is 9.10. The number of likely N-dealkylation sites (tertiary alicyclic amines) is 1. The number of hydrogen-bond donors (Lipinski definition) is 0. The van der Waals surface area contributed by atoms with Crippen molar-refractivity contribution in [3.05, 3.63) is 22.7 Å². The molecular formula is C14H18BrN3O2. The van der Waals surface area contributed by atoms with Gasteiger partial charge in [0, 0.05) is 6.54 Å². The van der Waals surface area contributed by atoms with Gasteiger partial charge in [0.15, 0.2) is 10.4 Å². The Balaban J connectivity index is 1.65. The summed E-state index contributed by atoms with van der Waals surface area (Å²) in [7, 11) is 0. The van der Waals surface area contributed by atoms with Crippen LogP contribution in [-0.4, -0.2) is 28.2 Å². The van der Waals surface area contributed by atoms with Crippen molar-refractivity contribution in [2.75, 3.05) is 13.1 Å². The van der Waals surface area contributed by atoms with Crippen molar-refractivity contribution in [2.45, 2.75) is 32.7 Å². The second kappa shape index (κ2) is 6.10. The molecule has 1 fully saturated rings. The fourth-order valence-corrected chi connectivity index (χ4v) is 2.97. The lowest BCUT2D eigenvalue weighted by molar-refractivity contribution is 0.152. The van der Waals surface area contributed by atoms with Gasteiger partial charge in [0.25, 0.3) is 5.89 Å². The number of piperidine rings is 1. The van der Waals surface area contributed by atoms with Gasteiger partial charge >= 0.3 is 0 Å². The molecule has 6 heteroatoms. The summed E-state index contributed by atoms with van der Waals surface area (Å²) >= 11 is 3.27. The SMILES string of the molecule is CCC1CCCN(Cc2nnc(-c3ccc(Br)o3)o2)C1. The van der Waals surface area contributed by atoms with Crippen LogP contribution in [0.3, 0.4) is 0 Å². The summed E-state index contributed by atoms with van der Waals surface area (Å²) in [6.07, 6.45) is 3.83. The van der Waals surface area contributed by atoms with Crippen LogP contribution in [0.1, 0.15) is 32.1 Å². The summed E-state index contributed by atoms with van der Waals surface area (Å²) in [5.74, 6) is 2.49. The fourth-order valence-electron chi connectivity index (χ4n) is 2.67. The highest BCUT2D eigenvalue weighted by atomic mass is 79.9. The summed E-state index contributed by atoms with van der Waals surface area (Å²) in [4.78, 5) is 2.40. The Bertz CT molecular complexity index is 566. The number of hydrogen-bond acceptors (Lipinski definition) is 5. The first-order chi connectivity index (χ1) is 9.74. The van der Waals surface area contributed by atoms with Crippen LogP contribution >= 0.6 is 15.9 Å². The molecule has 0 bridgehead atoms. The first-order valence-electron chi connectivity index (χ1n) is 7.05. The molecule has 20 heavy (non-hydrogen) atoms. The van der Waals surface area contributed by atoms with Crippen molar-refractivity contribution in [3.63, 3.8) is 0 Å². The molecule has 0 aromatic carbocycles. The van der Waals surface area contributed by atoms with Gasteiger partial charge in [-0.3, -0.25) is 4.90 Å². The Kier molecular flexibility index (Phi) is 4.21. The molecule has 1 atom stereocenters. The minimum atomic E-state index is 0.440. The van der Waals surface area contributed by atoms with Crippen molar-refractivity contribution in [1.82, 2.24) is 15.1 Å². The minimum absolute atomic E-state index is 0.440. The monoisotopic (exact) mass is 339 g/mol. The molecule has 0 saturated carbocycles. The van der Waals surface area contributed by atoms with Crippen LogP contribution in [-0.2, 0) is 6.54 Å². The molecule has 0 N–H and O–H groups in total. The van der Waals surface area contributed by atoms with E-state index in [0.29, 0.717) is 22.2 Å². The molecule has 0 amide bonds. The molecule has 3 heterocycles. The molecule has 1 unspecified atom stereocenters. The van der Waals surface area contributed by atoms with Crippen LogP contribution in [0.4, 0.5) is 0 Å². The van der Waals surface area contributed by atoms with E-state index in [2.05, 4.69) is 38.0 Å². The number of halogens is 1.